The first-order valence-electron chi connectivity index (χ1n) is 7.73. The van der Waals surface area contributed by atoms with Crippen molar-refractivity contribution in [2.75, 3.05) is 26.2 Å². The Morgan fingerprint density at radius 3 is 2.25 bits per heavy atom. The molecule has 2 unspecified atom stereocenters. The average Bonchev–Trinajstić information content (AvgIpc) is 2.47. The van der Waals surface area contributed by atoms with Crippen molar-refractivity contribution in [1.82, 2.24) is 4.90 Å². The van der Waals surface area contributed by atoms with Crippen molar-refractivity contribution >= 4 is 0 Å². The summed E-state index contributed by atoms with van der Waals surface area (Å²) >= 11 is 0. The van der Waals surface area contributed by atoms with Crippen LogP contribution in [0, 0.1) is 5.92 Å². The van der Waals surface area contributed by atoms with E-state index < -0.39 is 6.10 Å². The van der Waals surface area contributed by atoms with Crippen molar-refractivity contribution in [1.29, 1.82) is 0 Å². The number of nitrogens with zero attached hydrogens (tertiary/aromatic N) is 1. The van der Waals surface area contributed by atoms with Crippen LogP contribution in [-0.4, -0.2) is 36.2 Å². The van der Waals surface area contributed by atoms with Gasteiger partial charge in [0.05, 0.1) is 12.7 Å². The highest BCUT2D eigenvalue weighted by molar-refractivity contribution is 5.28. The molecule has 1 aromatic rings. The van der Waals surface area contributed by atoms with Gasteiger partial charge in [-0.3, -0.25) is 0 Å². The van der Waals surface area contributed by atoms with Crippen molar-refractivity contribution in [3.63, 3.8) is 0 Å². The number of aliphatic hydroxyl groups excluding tert-OH is 1. The second-order valence-corrected chi connectivity index (χ2v) is 5.38. The van der Waals surface area contributed by atoms with E-state index in [2.05, 4.69) is 25.7 Å². The molecule has 0 fully saturated rings. The number of likely N-dealkylation sites (N-methyl/N-ethyl adjacent to an activating group) is 1. The summed E-state index contributed by atoms with van der Waals surface area (Å²) in [6, 6.07) is 7.75. The third-order valence-electron chi connectivity index (χ3n) is 3.72. The second kappa shape index (κ2) is 8.98. The van der Waals surface area contributed by atoms with Gasteiger partial charge < -0.3 is 14.7 Å². The van der Waals surface area contributed by atoms with Crippen LogP contribution >= 0.6 is 0 Å². The van der Waals surface area contributed by atoms with Crippen molar-refractivity contribution in [3.05, 3.63) is 29.8 Å². The molecule has 20 heavy (non-hydrogen) atoms. The summed E-state index contributed by atoms with van der Waals surface area (Å²) < 4.78 is 5.42. The first kappa shape index (κ1) is 17.0. The molecule has 3 nitrogen and oxygen atoms in total. The maximum atomic E-state index is 10.3. The molecule has 1 rings (SSSR count). The molecule has 1 N–H and O–H groups in total. The fourth-order valence-electron chi connectivity index (χ4n) is 2.21. The van der Waals surface area contributed by atoms with Crippen LogP contribution in [0.3, 0.4) is 0 Å². The number of ether oxygens (including phenoxy) is 1. The van der Waals surface area contributed by atoms with Gasteiger partial charge in [0, 0.05) is 13.1 Å². The van der Waals surface area contributed by atoms with Gasteiger partial charge in [-0.25, -0.2) is 0 Å². The molecule has 0 aromatic heterocycles. The Balaban J connectivity index is 2.57. The Morgan fingerprint density at radius 2 is 1.75 bits per heavy atom. The molecule has 0 amide bonds. The summed E-state index contributed by atoms with van der Waals surface area (Å²) in [7, 11) is 0. The molecule has 2 atom stereocenters. The normalized spacial score (nSPS) is 14.3. The number of rotatable bonds is 9. The Labute approximate surface area is 123 Å². The SMILES string of the molecule is CCOc1ccc(C(O)CN(CC)CC(C)CC)cc1. The van der Waals surface area contributed by atoms with Gasteiger partial charge in [0.25, 0.3) is 0 Å². The van der Waals surface area contributed by atoms with Crippen LogP contribution in [0.1, 0.15) is 45.8 Å². The number of aliphatic hydroxyl groups is 1. The van der Waals surface area contributed by atoms with Crippen LogP contribution in [0.5, 0.6) is 5.75 Å². The van der Waals surface area contributed by atoms with Gasteiger partial charge in [-0.2, -0.15) is 0 Å². The van der Waals surface area contributed by atoms with Gasteiger partial charge >= 0.3 is 0 Å². The molecular weight excluding hydrogens is 250 g/mol. The van der Waals surface area contributed by atoms with E-state index in [1.807, 2.05) is 31.2 Å². The zero-order chi connectivity index (χ0) is 15.0. The zero-order valence-corrected chi connectivity index (χ0v) is 13.3. The summed E-state index contributed by atoms with van der Waals surface area (Å²) in [6.07, 6.45) is 0.741. The van der Waals surface area contributed by atoms with E-state index in [-0.39, 0.29) is 0 Å². The largest absolute Gasteiger partial charge is 0.494 e. The van der Waals surface area contributed by atoms with Crippen molar-refractivity contribution in [2.45, 2.75) is 40.2 Å². The summed E-state index contributed by atoms with van der Waals surface area (Å²) in [5, 5.41) is 10.3. The van der Waals surface area contributed by atoms with E-state index in [4.69, 9.17) is 4.74 Å². The summed E-state index contributed by atoms with van der Waals surface area (Å²) in [4.78, 5) is 2.31. The first-order chi connectivity index (χ1) is 9.60. The van der Waals surface area contributed by atoms with E-state index in [1.165, 1.54) is 6.42 Å². The topological polar surface area (TPSA) is 32.7 Å². The lowest BCUT2D eigenvalue weighted by Gasteiger charge is -2.26. The third kappa shape index (κ3) is 5.51. The minimum Gasteiger partial charge on any atom is -0.494 e. The molecule has 0 radical (unpaired) electrons. The van der Waals surface area contributed by atoms with E-state index >= 15 is 0 Å². The standard InChI is InChI=1S/C17H29NO2/c1-5-14(4)12-18(6-2)13-17(19)15-8-10-16(11-9-15)20-7-3/h8-11,14,17,19H,5-7,12-13H2,1-4H3. The monoisotopic (exact) mass is 279 g/mol. The molecule has 0 saturated carbocycles. The fourth-order valence-corrected chi connectivity index (χ4v) is 2.21. The predicted molar refractivity (Wildman–Crippen MR) is 84.1 cm³/mol. The van der Waals surface area contributed by atoms with Gasteiger partial charge in [0.15, 0.2) is 0 Å². The Kier molecular flexibility index (Phi) is 7.63. The quantitative estimate of drug-likeness (QED) is 0.751. The first-order valence-corrected chi connectivity index (χ1v) is 7.73. The third-order valence-corrected chi connectivity index (χ3v) is 3.72. The summed E-state index contributed by atoms with van der Waals surface area (Å²) in [5.74, 6) is 1.53. The Hall–Kier alpha value is -1.06. The summed E-state index contributed by atoms with van der Waals surface area (Å²) in [6.45, 7) is 12.0. The van der Waals surface area contributed by atoms with E-state index in [0.717, 1.165) is 24.4 Å². The van der Waals surface area contributed by atoms with Crippen LogP contribution in [0.2, 0.25) is 0 Å². The van der Waals surface area contributed by atoms with E-state index in [0.29, 0.717) is 19.1 Å². The maximum Gasteiger partial charge on any atom is 0.119 e. The van der Waals surface area contributed by atoms with Crippen LogP contribution in [0.15, 0.2) is 24.3 Å². The predicted octanol–water partition coefficient (Wildman–Crippen LogP) is 3.49. The second-order valence-electron chi connectivity index (χ2n) is 5.38. The molecule has 114 valence electrons. The highest BCUT2D eigenvalue weighted by atomic mass is 16.5. The average molecular weight is 279 g/mol. The molecular formula is C17H29NO2. The minimum atomic E-state index is -0.435. The van der Waals surface area contributed by atoms with Crippen molar-refractivity contribution in [3.8, 4) is 5.75 Å². The van der Waals surface area contributed by atoms with E-state index in [1.54, 1.807) is 0 Å². The van der Waals surface area contributed by atoms with Crippen LogP contribution < -0.4 is 4.74 Å². The molecule has 0 saturated heterocycles. The Bertz CT molecular complexity index is 364. The maximum absolute atomic E-state index is 10.3. The smallest absolute Gasteiger partial charge is 0.119 e. The van der Waals surface area contributed by atoms with Gasteiger partial charge in [-0.1, -0.05) is 39.3 Å². The van der Waals surface area contributed by atoms with Crippen LogP contribution in [-0.2, 0) is 0 Å². The van der Waals surface area contributed by atoms with Crippen LogP contribution in [0.25, 0.3) is 0 Å². The number of hydrogen-bond acceptors (Lipinski definition) is 3. The van der Waals surface area contributed by atoms with Crippen molar-refractivity contribution < 1.29 is 9.84 Å². The van der Waals surface area contributed by atoms with E-state index in [9.17, 15) is 5.11 Å². The van der Waals surface area contributed by atoms with Gasteiger partial charge in [-0.15, -0.1) is 0 Å². The molecule has 0 aliphatic rings. The number of hydrogen-bond donors (Lipinski definition) is 1. The molecule has 0 aliphatic carbocycles. The molecule has 0 spiro atoms. The zero-order valence-electron chi connectivity index (χ0n) is 13.3. The minimum absolute atomic E-state index is 0.435. The lowest BCUT2D eigenvalue weighted by atomic mass is 10.1. The lowest BCUT2D eigenvalue weighted by Crippen LogP contribution is -2.32. The molecule has 0 heterocycles. The summed E-state index contributed by atoms with van der Waals surface area (Å²) in [5.41, 5.74) is 0.955. The lowest BCUT2D eigenvalue weighted by molar-refractivity contribution is 0.107. The number of benzene rings is 1. The highest BCUT2D eigenvalue weighted by Gasteiger charge is 2.14. The van der Waals surface area contributed by atoms with Crippen molar-refractivity contribution in [2.24, 2.45) is 5.92 Å². The Morgan fingerprint density at radius 1 is 1.10 bits per heavy atom. The molecule has 1 aromatic carbocycles. The van der Waals surface area contributed by atoms with Gasteiger partial charge in [0.1, 0.15) is 5.75 Å². The molecule has 0 bridgehead atoms. The van der Waals surface area contributed by atoms with Gasteiger partial charge in [0.2, 0.25) is 0 Å². The molecule has 3 heteroatoms. The van der Waals surface area contributed by atoms with Gasteiger partial charge in [-0.05, 0) is 37.1 Å². The fraction of sp³-hybridized carbons (Fsp3) is 0.647. The molecule has 0 aliphatic heterocycles. The van der Waals surface area contributed by atoms with Crippen LogP contribution in [0.4, 0.5) is 0 Å². The highest BCUT2D eigenvalue weighted by Crippen LogP contribution is 2.19.